The Morgan fingerprint density at radius 3 is 3.00 bits per heavy atom. The van der Waals surface area contributed by atoms with Gasteiger partial charge in [-0.2, -0.15) is 0 Å². The molecule has 5 nitrogen and oxygen atoms in total. The lowest BCUT2D eigenvalue weighted by molar-refractivity contribution is 0.0469. The minimum Gasteiger partial charge on any atom is -0.461 e. The van der Waals surface area contributed by atoms with Crippen molar-refractivity contribution in [3.63, 3.8) is 0 Å². The van der Waals surface area contributed by atoms with Crippen molar-refractivity contribution >= 4 is 5.97 Å². The summed E-state index contributed by atoms with van der Waals surface area (Å²) in [7, 11) is 0. The average Bonchev–Trinajstić information content (AvgIpc) is 2.41. The molecule has 1 N–H and O–H groups in total. The van der Waals surface area contributed by atoms with E-state index in [2.05, 4.69) is 15.3 Å². The van der Waals surface area contributed by atoms with Gasteiger partial charge in [0.1, 0.15) is 6.33 Å². The number of nitrogens with one attached hydrogen (secondary N) is 1. The third-order valence-electron chi connectivity index (χ3n) is 3.01. The molecule has 2 rings (SSSR count). The quantitative estimate of drug-likeness (QED) is 0.789. The third-order valence-corrected chi connectivity index (χ3v) is 3.01. The number of rotatable bonds is 4. The lowest BCUT2D eigenvalue weighted by atomic mass is 9.95. The molecule has 1 fully saturated rings. The molecule has 0 saturated carbocycles. The van der Waals surface area contributed by atoms with E-state index in [4.69, 9.17) is 4.74 Å². The predicted molar refractivity (Wildman–Crippen MR) is 62.5 cm³/mol. The van der Waals surface area contributed by atoms with Gasteiger partial charge in [0.05, 0.1) is 6.61 Å². The molecule has 5 heteroatoms. The van der Waals surface area contributed by atoms with E-state index in [-0.39, 0.29) is 5.97 Å². The summed E-state index contributed by atoms with van der Waals surface area (Å²) in [4.78, 5) is 19.2. The Morgan fingerprint density at radius 1 is 1.47 bits per heavy atom. The van der Waals surface area contributed by atoms with Gasteiger partial charge in [-0.15, -0.1) is 0 Å². The molecule has 0 aliphatic carbocycles. The highest BCUT2D eigenvalue weighted by molar-refractivity contribution is 5.86. The highest BCUT2D eigenvalue weighted by Gasteiger charge is 2.14. The summed E-state index contributed by atoms with van der Waals surface area (Å²) in [6.07, 6.45) is 6.18. The van der Waals surface area contributed by atoms with E-state index in [0.29, 0.717) is 18.2 Å². The summed E-state index contributed by atoms with van der Waals surface area (Å²) in [5, 5.41) is 3.32. The number of carbonyl (C=O) groups excluding carboxylic acids is 1. The largest absolute Gasteiger partial charge is 0.461 e. The van der Waals surface area contributed by atoms with Crippen LogP contribution in [0, 0.1) is 5.92 Å². The molecule has 0 bridgehead atoms. The van der Waals surface area contributed by atoms with E-state index in [0.717, 1.165) is 19.5 Å². The average molecular weight is 235 g/mol. The van der Waals surface area contributed by atoms with Crippen LogP contribution in [-0.2, 0) is 4.74 Å². The van der Waals surface area contributed by atoms with Crippen molar-refractivity contribution in [2.75, 3.05) is 19.7 Å². The zero-order valence-electron chi connectivity index (χ0n) is 9.76. The number of hydrogen-bond acceptors (Lipinski definition) is 5. The van der Waals surface area contributed by atoms with Crippen molar-refractivity contribution in [3.05, 3.63) is 24.3 Å². The van der Waals surface area contributed by atoms with Crippen LogP contribution < -0.4 is 5.32 Å². The van der Waals surface area contributed by atoms with E-state index in [9.17, 15) is 4.79 Å². The first kappa shape index (κ1) is 12.0. The summed E-state index contributed by atoms with van der Waals surface area (Å²) in [6.45, 7) is 2.63. The van der Waals surface area contributed by atoms with Crippen molar-refractivity contribution in [2.24, 2.45) is 5.92 Å². The Balaban J connectivity index is 1.69. The van der Waals surface area contributed by atoms with Gasteiger partial charge in [0.15, 0.2) is 5.69 Å². The summed E-state index contributed by atoms with van der Waals surface area (Å²) in [6, 6.07) is 1.56. The number of carbonyl (C=O) groups is 1. The second-order valence-electron chi connectivity index (χ2n) is 4.21. The Hall–Kier alpha value is -1.49. The van der Waals surface area contributed by atoms with Crippen LogP contribution in [0.5, 0.6) is 0 Å². The lowest BCUT2D eigenvalue weighted by Crippen LogP contribution is -2.28. The maximum Gasteiger partial charge on any atom is 0.357 e. The fourth-order valence-electron chi connectivity index (χ4n) is 1.97. The van der Waals surface area contributed by atoms with Gasteiger partial charge in [-0.3, -0.25) is 0 Å². The second kappa shape index (κ2) is 6.30. The number of ether oxygens (including phenoxy) is 1. The molecule has 0 unspecified atom stereocenters. The molecule has 2 heterocycles. The topological polar surface area (TPSA) is 64.1 Å². The summed E-state index contributed by atoms with van der Waals surface area (Å²) in [5.74, 6) is 0.316. The van der Waals surface area contributed by atoms with Crippen molar-refractivity contribution in [1.82, 2.24) is 15.3 Å². The van der Waals surface area contributed by atoms with Crippen LogP contribution in [0.1, 0.15) is 29.8 Å². The van der Waals surface area contributed by atoms with Crippen LogP contribution in [-0.4, -0.2) is 35.6 Å². The Kier molecular flexibility index (Phi) is 4.44. The first-order chi connectivity index (χ1) is 8.36. The number of aromatic nitrogens is 2. The van der Waals surface area contributed by atoms with Crippen LogP contribution in [0.3, 0.4) is 0 Å². The highest BCUT2D eigenvalue weighted by atomic mass is 16.5. The van der Waals surface area contributed by atoms with Gasteiger partial charge in [-0.1, -0.05) is 0 Å². The first-order valence-electron chi connectivity index (χ1n) is 6.00. The lowest BCUT2D eigenvalue weighted by Gasteiger charge is -2.22. The Morgan fingerprint density at radius 2 is 2.29 bits per heavy atom. The molecule has 0 atom stereocenters. The molecule has 0 aromatic carbocycles. The number of hydrogen-bond donors (Lipinski definition) is 1. The SMILES string of the molecule is O=C(OCCC1CCNCC1)c1ccncn1. The molecule has 0 amide bonds. The molecule has 1 saturated heterocycles. The maximum atomic E-state index is 11.6. The summed E-state index contributed by atoms with van der Waals surface area (Å²) < 4.78 is 5.18. The van der Waals surface area contributed by atoms with Crippen LogP contribution in [0.2, 0.25) is 0 Å². The van der Waals surface area contributed by atoms with E-state index in [1.54, 1.807) is 6.07 Å². The highest BCUT2D eigenvalue weighted by Crippen LogP contribution is 2.15. The van der Waals surface area contributed by atoms with E-state index < -0.39 is 0 Å². The molecule has 0 spiro atoms. The van der Waals surface area contributed by atoms with Gasteiger partial charge in [0.25, 0.3) is 0 Å². The molecule has 1 aromatic heterocycles. The zero-order valence-corrected chi connectivity index (χ0v) is 9.76. The minimum atomic E-state index is -0.360. The molecule has 92 valence electrons. The number of esters is 1. The van der Waals surface area contributed by atoms with Crippen LogP contribution in [0.25, 0.3) is 0 Å². The summed E-state index contributed by atoms with van der Waals surface area (Å²) >= 11 is 0. The zero-order chi connectivity index (χ0) is 11.9. The van der Waals surface area contributed by atoms with Gasteiger partial charge in [0.2, 0.25) is 0 Å². The van der Waals surface area contributed by atoms with Crippen molar-refractivity contribution in [3.8, 4) is 0 Å². The standard InChI is InChI=1S/C12H17N3O2/c16-12(11-3-7-14-9-15-11)17-8-4-10-1-5-13-6-2-10/h3,7,9-10,13H,1-2,4-6,8H2. The Labute approximate surface area is 101 Å². The fraction of sp³-hybridized carbons (Fsp3) is 0.583. The molecular formula is C12H17N3O2. The molecule has 1 aliphatic rings. The molecule has 1 aromatic rings. The molecule has 0 radical (unpaired) electrons. The monoisotopic (exact) mass is 235 g/mol. The van der Waals surface area contributed by atoms with Crippen molar-refractivity contribution < 1.29 is 9.53 Å². The van der Waals surface area contributed by atoms with Crippen LogP contribution in [0.4, 0.5) is 0 Å². The third kappa shape index (κ3) is 3.78. The molecular weight excluding hydrogens is 218 g/mol. The van der Waals surface area contributed by atoms with Gasteiger partial charge in [0, 0.05) is 6.20 Å². The van der Waals surface area contributed by atoms with Crippen molar-refractivity contribution in [2.45, 2.75) is 19.3 Å². The second-order valence-corrected chi connectivity index (χ2v) is 4.21. The van der Waals surface area contributed by atoms with Gasteiger partial charge < -0.3 is 10.1 Å². The fourth-order valence-corrected chi connectivity index (χ4v) is 1.97. The van der Waals surface area contributed by atoms with Crippen LogP contribution in [0.15, 0.2) is 18.6 Å². The predicted octanol–water partition coefficient (Wildman–Crippen LogP) is 1.02. The summed E-state index contributed by atoms with van der Waals surface area (Å²) in [5.41, 5.74) is 0.324. The maximum absolute atomic E-state index is 11.6. The van der Waals surface area contributed by atoms with Gasteiger partial charge in [-0.05, 0) is 44.3 Å². The minimum absolute atomic E-state index is 0.324. The number of piperidine rings is 1. The molecule has 1 aliphatic heterocycles. The van der Waals surface area contributed by atoms with Crippen molar-refractivity contribution in [1.29, 1.82) is 0 Å². The molecule has 17 heavy (non-hydrogen) atoms. The van der Waals surface area contributed by atoms with Crippen LogP contribution >= 0.6 is 0 Å². The van der Waals surface area contributed by atoms with Gasteiger partial charge in [-0.25, -0.2) is 14.8 Å². The van der Waals surface area contributed by atoms with E-state index in [1.165, 1.54) is 25.4 Å². The first-order valence-corrected chi connectivity index (χ1v) is 6.00. The smallest absolute Gasteiger partial charge is 0.357 e. The van der Waals surface area contributed by atoms with Gasteiger partial charge >= 0.3 is 5.97 Å². The Bertz CT molecular complexity index is 350. The van der Waals surface area contributed by atoms with E-state index >= 15 is 0 Å². The normalized spacial score (nSPS) is 16.7. The van der Waals surface area contributed by atoms with E-state index in [1.807, 2.05) is 0 Å². The number of nitrogens with zero attached hydrogens (tertiary/aromatic N) is 2.